The molecule has 0 aliphatic heterocycles. The van der Waals surface area contributed by atoms with Crippen molar-refractivity contribution in [2.45, 2.75) is 26.3 Å². The van der Waals surface area contributed by atoms with Gasteiger partial charge in [0.05, 0.1) is 30.4 Å². The summed E-state index contributed by atoms with van der Waals surface area (Å²) in [4.78, 5) is 4.18. The highest BCUT2D eigenvalue weighted by Crippen LogP contribution is 2.14. The number of hydrogen-bond donors (Lipinski definition) is 2. The molecule has 0 saturated carbocycles. The molecule has 0 fully saturated rings. The Morgan fingerprint density at radius 1 is 1.31 bits per heavy atom. The fourth-order valence-corrected chi connectivity index (χ4v) is 1.52. The van der Waals surface area contributed by atoms with Gasteiger partial charge in [0.2, 0.25) is 0 Å². The van der Waals surface area contributed by atoms with Gasteiger partial charge in [-0.3, -0.25) is 4.98 Å². The summed E-state index contributed by atoms with van der Waals surface area (Å²) in [6.07, 6.45) is 4.68. The Balaban J connectivity index is 2.60. The van der Waals surface area contributed by atoms with Crippen molar-refractivity contribution < 1.29 is 4.74 Å². The lowest BCUT2D eigenvalue weighted by molar-refractivity contribution is 0.184. The molecule has 90 valence electrons. The van der Waals surface area contributed by atoms with Gasteiger partial charge in [-0.2, -0.15) is 0 Å². The normalized spacial score (nSPS) is 12.2. The third-order valence-corrected chi connectivity index (χ3v) is 2.35. The van der Waals surface area contributed by atoms with Gasteiger partial charge in [-0.05, 0) is 19.4 Å². The summed E-state index contributed by atoms with van der Waals surface area (Å²) in [5.41, 5.74) is 2.07. The van der Waals surface area contributed by atoms with Crippen LogP contribution in [0.15, 0.2) is 18.5 Å². The second-order valence-electron chi connectivity index (χ2n) is 3.70. The Kier molecular flexibility index (Phi) is 5.64. The van der Waals surface area contributed by atoms with Crippen molar-refractivity contribution in [2.75, 3.05) is 30.9 Å². The molecular formula is C12H21N3O. The number of aromatic nitrogens is 1. The van der Waals surface area contributed by atoms with E-state index in [0.29, 0.717) is 12.6 Å². The monoisotopic (exact) mass is 223 g/mol. The second kappa shape index (κ2) is 7.06. The molecule has 1 unspecified atom stereocenters. The molecular weight excluding hydrogens is 202 g/mol. The van der Waals surface area contributed by atoms with Gasteiger partial charge in [0, 0.05) is 19.7 Å². The van der Waals surface area contributed by atoms with Crippen molar-refractivity contribution in [1.82, 2.24) is 4.98 Å². The highest BCUT2D eigenvalue weighted by molar-refractivity contribution is 5.54. The van der Waals surface area contributed by atoms with E-state index in [1.54, 1.807) is 7.11 Å². The van der Waals surface area contributed by atoms with Crippen LogP contribution in [0, 0.1) is 0 Å². The number of nitrogens with zero attached hydrogens (tertiary/aromatic N) is 1. The number of anilines is 2. The second-order valence-corrected chi connectivity index (χ2v) is 3.70. The predicted octanol–water partition coefficient (Wildman–Crippen LogP) is 2.35. The molecule has 2 N–H and O–H groups in total. The zero-order valence-electron chi connectivity index (χ0n) is 10.3. The van der Waals surface area contributed by atoms with Crippen molar-refractivity contribution in [3.8, 4) is 0 Å². The van der Waals surface area contributed by atoms with Crippen LogP contribution in [0.5, 0.6) is 0 Å². The quantitative estimate of drug-likeness (QED) is 0.745. The molecule has 1 heterocycles. The molecule has 1 aromatic heterocycles. The van der Waals surface area contributed by atoms with Gasteiger partial charge in [0.15, 0.2) is 0 Å². The van der Waals surface area contributed by atoms with Gasteiger partial charge in [-0.25, -0.2) is 0 Å². The molecule has 0 aliphatic rings. The van der Waals surface area contributed by atoms with Crippen LogP contribution in [-0.4, -0.2) is 31.3 Å². The van der Waals surface area contributed by atoms with Crippen LogP contribution in [0.3, 0.4) is 0 Å². The van der Waals surface area contributed by atoms with E-state index in [9.17, 15) is 0 Å². The van der Waals surface area contributed by atoms with E-state index in [1.807, 2.05) is 12.4 Å². The first kappa shape index (κ1) is 12.8. The molecule has 0 aliphatic carbocycles. The van der Waals surface area contributed by atoms with Crippen molar-refractivity contribution in [1.29, 1.82) is 0 Å². The Labute approximate surface area is 97.4 Å². The molecule has 16 heavy (non-hydrogen) atoms. The lowest BCUT2D eigenvalue weighted by atomic mass is 10.2. The summed E-state index contributed by atoms with van der Waals surface area (Å²) in [7, 11) is 1.72. The highest BCUT2D eigenvalue weighted by atomic mass is 16.5. The van der Waals surface area contributed by atoms with Crippen molar-refractivity contribution in [2.24, 2.45) is 0 Å². The van der Waals surface area contributed by atoms with Crippen LogP contribution in [0.1, 0.15) is 20.3 Å². The maximum absolute atomic E-state index is 5.15. The summed E-state index contributed by atoms with van der Waals surface area (Å²) >= 11 is 0. The molecule has 0 radical (unpaired) electrons. The first-order valence-electron chi connectivity index (χ1n) is 5.74. The predicted molar refractivity (Wildman–Crippen MR) is 68.0 cm³/mol. The fourth-order valence-electron chi connectivity index (χ4n) is 1.52. The van der Waals surface area contributed by atoms with Gasteiger partial charge in [0.25, 0.3) is 0 Å². The molecule has 4 nitrogen and oxygen atoms in total. The molecule has 0 amide bonds. The van der Waals surface area contributed by atoms with Crippen LogP contribution < -0.4 is 10.6 Å². The van der Waals surface area contributed by atoms with Gasteiger partial charge in [-0.15, -0.1) is 0 Å². The van der Waals surface area contributed by atoms with Gasteiger partial charge >= 0.3 is 0 Å². The summed E-state index contributed by atoms with van der Waals surface area (Å²) in [6, 6.07) is 2.40. The Bertz CT molecular complexity index is 304. The third-order valence-electron chi connectivity index (χ3n) is 2.35. The van der Waals surface area contributed by atoms with Crippen molar-refractivity contribution >= 4 is 11.4 Å². The minimum atomic E-state index is 0.337. The first-order chi connectivity index (χ1) is 7.80. The molecule has 0 bridgehead atoms. The first-order valence-corrected chi connectivity index (χ1v) is 5.74. The largest absolute Gasteiger partial charge is 0.384 e. The number of hydrogen-bond acceptors (Lipinski definition) is 4. The van der Waals surface area contributed by atoms with E-state index >= 15 is 0 Å². The topological polar surface area (TPSA) is 46.2 Å². The minimum absolute atomic E-state index is 0.337. The zero-order chi connectivity index (χ0) is 11.8. The average Bonchev–Trinajstić information content (AvgIpc) is 2.29. The minimum Gasteiger partial charge on any atom is -0.384 e. The average molecular weight is 223 g/mol. The van der Waals surface area contributed by atoms with Gasteiger partial charge in [-0.1, -0.05) is 6.92 Å². The van der Waals surface area contributed by atoms with Gasteiger partial charge in [0.1, 0.15) is 0 Å². The summed E-state index contributed by atoms with van der Waals surface area (Å²) in [5, 5.41) is 6.64. The molecule has 0 saturated heterocycles. The van der Waals surface area contributed by atoms with E-state index in [1.165, 1.54) is 0 Å². The Morgan fingerprint density at radius 2 is 2.06 bits per heavy atom. The zero-order valence-corrected chi connectivity index (χ0v) is 10.3. The Morgan fingerprint density at radius 3 is 2.69 bits per heavy atom. The third kappa shape index (κ3) is 4.06. The highest BCUT2D eigenvalue weighted by Gasteiger charge is 2.05. The Hall–Kier alpha value is -1.29. The number of methoxy groups -OCH3 is 1. The fraction of sp³-hybridized carbons (Fsp3) is 0.583. The lowest BCUT2D eigenvalue weighted by Gasteiger charge is -2.17. The summed E-state index contributed by atoms with van der Waals surface area (Å²) in [5.74, 6) is 0. The van der Waals surface area contributed by atoms with Crippen LogP contribution in [0.25, 0.3) is 0 Å². The molecule has 1 rings (SSSR count). The van der Waals surface area contributed by atoms with Crippen molar-refractivity contribution in [3.05, 3.63) is 18.5 Å². The number of pyridine rings is 1. The van der Waals surface area contributed by atoms with E-state index in [-0.39, 0.29) is 0 Å². The van der Waals surface area contributed by atoms with E-state index < -0.39 is 0 Å². The van der Waals surface area contributed by atoms with Crippen molar-refractivity contribution in [3.63, 3.8) is 0 Å². The van der Waals surface area contributed by atoms with Crippen LogP contribution in [-0.2, 0) is 4.74 Å². The summed E-state index contributed by atoms with van der Waals surface area (Å²) < 4.78 is 5.15. The molecule has 1 aromatic rings. The van der Waals surface area contributed by atoms with E-state index in [2.05, 4.69) is 35.5 Å². The molecule has 4 heteroatoms. The maximum atomic E-state index is 5.15. The lowest BCUT2D eigenvalue weighted by Crippen LogP contribution is -2.23. The smallest absolute Gasteiger partial charge is 0.0663 e. The number of rotatable bonds is 7. The SMILES string of the molecule is CCNc1cncc(NC(CC)COC)c1. The maximum Gasteiger partial charge on any atom is 0.0663 e. The molecule has 1 atom stereocenters. The van der Waals surface area contributed by atoms with Crippen LogP contribution in [0.2, 0.25) is 0 Å². The number of ether oxygens (including phenoxy) is 1. The standard InChI is InChI=1S/C12H21N3O/c1-4-10(9-16-3)15-12-6-11(14-5-2)7-13-8-12/h6-8,10,14-15H,4-5,9H2,1-3H3. The van der Waals surface area contributed by atoms with E-state index in [4.69, 9.17) is 4.74 Å². The van der Waals surface area contributed by atoms with Gasteiger partial charge < -0.3 is 15.4 Å². The molecule has 0 aromatic carbocycles. The summed E-state index contributed by atoms with van der Waals surface area (Å²) in [6.45, 7) is 5.82. The number of nitrogens with one attached hydrogen (secondary N) is 2. The van der Waals surface area contributed by atoms with Crippen LogP contribution >= 0.6 is 0 Å². The van der Waals surface area contributed by atoms with Crippen LogP contribution in [0.4, 0.5) is 11.4 Å². The molecule has 0 spiro atoms. The van der Waals surface area contributed by atoms with E-state index in [0.717, 1.165) is 24.3 Å².